The van der Waals surface area contributed by atoms with Crippen molar-refractivity contribution in [1.29, 1.82) is 0 Å². The van der Waals surface area contributed by atoms with E-state index < -0.39 is 0 Å². The Balaban J connectivity index is 1.15. The number of nitrogens with one attached hydrogen (secondary N) is 1. The van der Waals surface area contributed by atoms with Crippen molar-refractivity contribution in [3.05, 3.63) is 65.7 Å². The maximum atomic E-state index is 12.4. The molecule has 1 heterocycles. The second-order valence-electron chi connectivity index (χ2n) is 8.79. The van der Waals surface area contributed by atoms with Crippen molar-refractivity contribution in [3.63, 3.8) is 0 Å². The molecule has 0 atom stereocenters. The van der Waals surface area contributed by atoms with Gasteiger partial charge in [0.25, 0.3) is 5.91 Å². The Morgan fingerprint density at radius 1 is 0.903 bits per heavy atom. The summed E-state index contributed by atoms with van der Waals surface area (Å²) >= 11 is 0. The molecule has 1 saturated carbocycles. The fourth-order valence-electron chi connectivity index (χ4n) is 4.10. The predicted octanol–water partition coefficient (Wildman–Crippen LogP) is 3.76. The van der Waals surface area contributed by atoms with Crippen LogP contribution in [-0.4, -0.2) is 42.5 Å². The quantitative estimate of drug-likeness (QED) is 0.672. The van der Waals surface area contributed by atoms with Crippen LogP contribution in [0.15, 0.2) is 54.6 Å². The van der Waals surface area contributed by atoms with Gasteiger partial charge in [-0.25, -0.2) is 0 Å². The number of rotatable bonds is 9. The summed E-state index contributed by atoms with van der Waals surface area (Å²) in [5, 5.41) is 3.04. The third kappa shape index (κ3) is 6.84. The van der Waals surface area contributed by atoms with Gasteiger partial charge in [0, 0.05) is 25.6 Å². The summed E-state index contributed by atoms with van der Waals surface area (Å²) in [6.07, 6.45) is 6.73. The zero-order chi connectivity index (χ0) is 21.5. The summed E-state index contributed by atoms with van der Waals surface area (Å²) in [5.74, 6) is 1.58. The number of likely N-dealkylation sites (tertiary alicyclic amines) is 1. The van der Waals surface area contributed by atoms with Gasteiger partial charge in [-0.2, -0.15) is 0 Å². The average Bonchev–Trinajstić information content (AvgIpc) is 3.62. The summed E-state index contributed by atoms with van der Waals surface area (Å²) in [6, 6.07) is 18.6. The molecule has 5 nitrogen and oxygen atoms in total. The Morgan fingerprint density at radius 2 is 1.58 bits per heavy atom. The minimum atomic E-state index is 0.0670. The highest BCUT2D eigenvalue weighted by molar-refractivity contribution is 5.78. The molecule has 0 bridgehead atoms. The summed E-state index contributed by atoms with van der Waals surface area (Å²) in [4.78, 5) is 26.2. The molecule has 2 aromatic rings. The molecule has 4 rings (SSSR count). The first-order chi connectivity index (χ1) is 15.2. The van der Waals surface area contributed by atoms with Gasteiger partial charge in [-0.3, -0.25) is 9.59 Å². The first kappa shape index (κ1) is 21.4. The van der Waals surface area contributed by atoms with Gasteiger partial charge in [-0.1, -0.05) is 42.5 Å². The largest absolute Gasteiger partial charge is 0.484 e. The van der Waals surface area contributed by atoms with Crippen molar-refractivity contribution in [1.82, 2.24) is 10.2 Å². The maximum Gasteiger partial charge on any atom is 0.260 e. The zero-order valence-corrected chi connectivity index (χ0v) is 18.1. The van der Waals surface area contributed by atoms with Crippen LogP contribution >= 0.6 is 0 Å². The van der Waals surface area contributed by atoms with Crippen molar-refractivity contribution in [3.8, 4) is 5.75 Å². The molecule has 0 aromatic heterocycles. The number of hydrogen-bond acceptors (Lipinski definition) is 3. The lowest BCUT2D eigenvalue weighted by atomic mass is 9.89. The van der Waals surface area contributed by atoms with E-state index in [4.69, 9.17) is 4.74 Å². The molecule has 2 fully saturated rings. The minimum absolute atomic E-state index is 0.0670. The highest BCUT2D eigenvalue weighted by Gasteiger charge is 2.24. The lowest BCUT2D eigenvalue weighted by molar-refractivity contribution is -0.134. The third-order valence-electron chi connectivity index (χ3n) is 6.20. The Labute approximate surface area is 184 Å². The topological polar surface area (TPSA) is 58.6 Å². The van der Waals surface area contributed by atoms with E-state index in [-0.39, 0.29) is 18.4 Å². The molecule has 0 spiro atoms. The van der Waals surface area contributed by atoms with Crippen molar-refractivity contribution in [2.75, 3.05) is 19.7 Å². The van der Waals surface area contributed by atoms with Gasteiger partial charge in [-0.15, -0.1) is 0 Å². The van der Waals surface area contributed by atoms with E-state index in [0.29, 0.717) is 18.4 Å². The first-order valence-electron chi connectivity index (χ1n) is 11.5. The lowest BCUT2D eigenvalue weighted by Crippen LogP contribution is -2.41. The van der Waals surface area contributed by atoms with Crippen LogP contribution in [0.2, 0.25) is 0 Å². The number of ether oxygens (including phenoxy) is 1. The van der Waals surface area contributed by atoms with Crippen LogP contribution in [0.3, 0.4) is 0 Å². The smallest absolute Gasteiger partial charge is 0.260 e. The van der Waals surface area contributed by atoms with Crippen LogP contribution in [0.4, 0.5) is 0 Å². The monoisotopic (exact) mass is 420 g/mol. The number of nitrogens with zero attached hydrogens (tertiary/aromatic N) is 1. The Kier molecular flexibility index (Phi) is 7.23. The standard InChI is InChI=1S/C26H32N2O3/c29-25(27-23-11-12-23)13-10-20-6-8-21(9-7-20)18-22-14-16-28(17-15-22)26(30)19-31-24-4-2-1-3-5-24/h1-9,22-23H,10-19H2,(H,27,29). The molecule has 1 saturated heterocycles. The number of amides is 2. The van der Waals surface area contributed by atoms with E-state index in [1.54, 1.807) is 0 Å². The van der Waals surface area contributed by atoms with Crippen molar-refractivity contribution < 1.29 is 14.3 Å². The number of carbonyl (C=O) groups is 2. The molecule has 0 unspecified atom stereocenters. The molecule has 0 radical (unpaired) electrons. The Hall–Kier alpha value is -2.82. The first-order valence-corrected chi connectivity index (χ1v) is 11.5. The van der Waals surface area contributed by atoms with E-state index in [0.717, 1.165) is 57.4 Å². The third-order valence-corrected chi connectivity index (χ3v) is 6.20. The van der Waals surface area contributed by atoms with Crippen molar-refractivity contribution in [2.24, 2.45) is 5.92 Å². The fourth-order valence-corrected chi connectivity index (χ4v) is 4.10. The Bertz CT molecular complexity index is 854. The van der Waals surface area contributed by atoms with Crippen LogP contribution in [0.5, 0.6) is 5.75 Å². The van der Waals surface area contributed by atoms with Crippen LogP contribution in [-0.2, 0) is 22.4 Å². The van der Waals surface area contributed by atoms with Gasteiger partial charge in [0.1, 0.15) is 5.75 Å². The van der Waals surface area contributed by atoms with E-state index in [9.17, 15) is 9.59 Å². The van der Waals surface area contributed by atoms with E-state index >= 15 is 0 Å². The van der Waals surface area contributed by atoms with Gasteiger partial charge in [0.15, 0.2) is 6.61 Å². The molecular weight excluding hydrogens is 388 g/mol. The highest BCUT2D eigenvalue weighted by Crippen LogP contribution is 2.23. The maximum absolute atomic E-state index is 12.4. The van der Waals surface area contributed by atoms with E-state index in [1.165, 1.54) is 11.1 Å². The highest BCUT2D eigenvalue weighted by atomic mass is 16.5. The van der Waals surface area contributed by atoms with E-state index in [2.05, 4.69) is 29.6 Å². The van der Waals surface area contributed by atoms with E-state index in [1.807, 2.05) is 35.2 Å². The predicted molar refractivity (Wildman–Crippen MR) is 121 cm³/mol. The van der Waals surface area contributed by atoms with Gasteiger partial charge >= 0.3 is 0 Å². The van der Waals surface area contributed by atoms with Crippen LogP contribution in [0.1, 0.15) is 43.2 Å². The number of carbonyl (C=O) groups excluding carboxylic acids is 2. The zero-order valence-electron chi connectivity index (χ0n) is 18.1. The molecule has 1 aliphatic heterocycles. The van der Waals surface area contributed by atoms with Gasteiger partial charge in [0.05, 0.1) is 0 Å². The van der Waals surface area contributed by atoms with Crippen LogP contribution in [0.25, 0.3) is 0 Å². The fraction of sp³-hybridized carbons (Fsp3) is 0.462. The van der Waals surface area contributed by atoms with Gasteiger partial charge in [-0.05, 0) is 67.7 Å². The molecule has 31 heavy (non-hydrogen) atoms. The number of aryl methyl sites for hydroxylation is 1. The molecule has 2 aromatic carbocycles. The molecule has 2 aliphatic rings. The Morgan fingerprint density at radius 3 is 2.26 bits per heavy atom. The SMILES string of the molecule is O=C(CCc1ccc(CC2CCN(C(=O)COc3ccccc3)CC2)cc1)NC1CC1. The molecule has 1 N–H and O–H groups in total. The summed E-state index contributed by atoms with van der Waals surface area (Å²) in [6.45, 7) is 1.71. The van der Waals surface area contributed by atoms with Crippen molar-refractivity contribution >= 4 is 11.8 Å². The molecule has 1 aliphatic carbocycles. The summed E-state index contributed by atoms with van der Waals surface area (Å²) in [5.41, 5.74) is 2.55. The summed E-state index contributed by atoms with van der Waals surface area (Å²) < 4.78 is 5.59. The molecule has 5 heteroatoms. The van der Waals surface area contributed by atoms with Gasteiger partial charge < -0.3 is 15.0 Å². The minimum Gasteiger partial charge on any atom is -0.484 e. The molecule has 2 amide bonds. The normalized spacial score (nSPS) is 16.7. The van der Waals surface area contributed by atoms with Crippen molar-refractivity contribution in [2.45, 2.75) is 51.0 Å². The van der Waals surface area contributed by atoms with Gasteiger partial charge in [0.2, 0.25) is 5.91 Å². The van der Waals surface area contributed by atoms with Crippen LogP contribution in [0, 0.1) is 5.92 Å². The van der Waals surface area contributed by atoms with Crippen LogP contribution < -0.4 is 10.1 Å². The number of benzene rings is 2. The lowest BCUT2D eigenvalue weighted by Gasteiger charge is -2.32. The second kappa shape index (κ2) is 10.5. The number of hydrogen-bond donors (Lipinski definition) is 1. The average molecular weight is 421 g/mol. The molecular formula is C26H32N2O3. The second-order valence-corrected chi connectivity index (χ2v) is 8.79. The molecule has 164 valence electrons. The summed E-state index contributed by atoms with van der Waals surface area (Å²) in [7, 11) is 0. The number of para-hydroxylation sites is 1. The number of piperidine rings is 1.